The molecule has 0 aromatic carbocycles. The van der Waals surface area contributed by atoms with Crippen LogP contribution in [0.4, 0.5) is 0 Å². The average molecular weight is 464 g/mol. The van der Waals surface area contributed by atoms with Crippen molar-refractivity contribution in [2.24, 2.45) is 5.73 Å². The molecule has 1 unspecified atom stereocenters. The third-order valence-corrected chi connectivity index (χ3v) is 5.98. The second kappa shape index (κ2) is 14.2. The van der Waals surface area contributed by atoms with Crippen LogP contribution in [0.25, 0.3) is 0 Å². The van der Waals surface area contributed by atoms with Crippen LogP contribution < -0.4 is 21.9 Å². The van der Waals surface area contributed by atoms with Crippen molar-refractivity contribution in [2.45, 2.75) is 69.3 Å². The quantitative estimate of drug-likeness (QED) is 0.0418. The van der Waals surface area contributed by atoms with Crippen molar-refractivity contribution in [1.29, 1.82) is 0 Å². The van der Waals surface area contributed by atoms with E-state index in [9.17, 15) is 24.3 Å². The Balaban J connectivity index is 2.83. The number of unbranched alkanes of at least 4 members (excludes halogenated alkanes) is 1. The van der Waals surface area contributed by atoms with Gasteiger partial charge in [0.25, 0.3) is 0 Å². The first-order chi connectivity index (χ1) is 14.3. The van der Waals surface area contributed by atoms with Crippen LogP contribution >= 0.6 is 22.0 Å². The molecule has 1 aliphatic rings. The predicted octanol–water partition coefficient (Wildman–Crippen LogP) is -1.67. The normalized spacial score (nSPS) is 20.9. The Morgan fingerprint density at radius 3 is 2.53 bits per heavy atom. The summed E-state index contributed by atoms with van der Waals surface area (Å²) < 4.78 is 1.79. The number of amides is 1. The number of aliphatic hydroxyl groups is 1. The molecule has 1 aliphatic heterocycles. The zero-order valence-electron chi connectivity index (χ0n) is 17.3. The van der Waals surface area contributed by atoms with Gasteiger partial charge in [-0.25, -0.2) is 10.9 Å². The van der Waals surface area contributed by atoms with E-state index in [-0.39, 0.29) is 5.75 Å². The minimum Gasteiger partial charge on any atom is -0.391 e. The minimum absolute atomic E-state index is 0.108. The number of hydrogen-bond acceptors (Lipinski definition) is 10. The third kappa shape index (κ3) is 8.30. The third-order valence-electron chi connectivity index (χ3n) is 4.97. The van der Waals surface area contributed by atoms with Gasteiger partial charge in [-0.05, 0) is 39.2 Å². The highest BCUT2D eigenvalue weighted by molar-refractivity contribution is 7.80. The van der Waals surface area contributed by atoms with E-state index < -0.39 is 47.7 Å². The molecule has 0 spiro atoms. The highest BCUT2D eigenvalue weighted by Gasteiger charge is 2.36. The Hall–Kier alpha value is -0.940. The summed E-state index contributed by atoms with van der Waals surface area (Å²) in [5, 5.41) is 12.4. The molecule has 0 aliphatic carbocycles. The van der Waals surface area contributed by atoms with Gasteiger partial charge in [-0.3, -0.25) is 19.1 Å². The number of carbonyl (C=O) groups is 4. The van der Waals surface area contributed by atoms with Crippen LogP contribution in [-0.2, 0) is 19.2 Å². The molecule has 6 N–H and O–H groups in total. The summed E-state index contributed by atoms with van der Waals surface area (Å²) in [6, 6.07) is -3.29. The molecule has 10 nitrogen and oxygen atoms in total. The van der Waals surface area contributed by atoms with Crippen molar-refractivity contribution in [1.82, 2.24) is 20.8 Å². The standard InChI is InChI=1S/C18H34N5O5PS/c1-11(25)15(18(28)20-12(9-24)10-30)22-21-13(5-2-3-7-19)16(26)17(27)14-6-4-8-23(14)29/h9,11-15,21-22,25,30H,2-8,10,19,29H2,1H3,(H,20,28)/t11-,12-,13+,14+,15+/m1/s1. The molecule has 1 amide bonds. The molecule has 0 saturated carbocycles. The first-order valence-corrected chi connectivity index (χ1v) is 11.3. The zero-order chi connectivity index (χ0) is 22.7. The number of nitrogens with two attached hydrogens (primary N) is 1. The zero-order valence-corrected chi connectivity index (χ0v) is 19.3. The average Bonchev–Trinajstić information content (AvgIpc) is 3.15. The van der Waals surface area contributed by atoms with E-state index in [0.717, 1.165) is 13.0 Å². The van der Waals surface area contributed by atoms with Crippen molar-refractivity contribution in [2.75, 3.05) is 18.8 Å². The minimum atomic E-state index is -1.14. The van der Waals surface area contributed by atoms with Gasteiger partial charge < -0.3 is 21.0 Å². The number of nitrogens with zero attached hydrogens (tertiary/aromatic N) is 1. The van der Waals surface area contributed by atoms with E-state index in [1.54, 1.807) is 4.67 Å². The predicted molar refractivity (Wildman–Crippen MR) is 120 cm³/mol. The Bertz CT molecular complexity index is 597. The van der Waals surface area contributed by atoms with Crippen LogP contribution in [0.2, 0.25) is 0 Å². The summed E-state index contributed by atoms with van der Waals surface area (Å²) in [7, 11) is 2.48. The lowest BCUT2D eigenvalue weighted by Gasteiger charge is -2.26. The van der Waals surface area contributed by atoms with E-state index in [1.807, 2.05) is 0 Å². The molecule has 0 bridgehead atoms. The van der Waals surface area contributed by atoms with E-state index in [2.05, 4.69) is 38.2 Å². The highest BCUT2D eigenvalue weighted by Crippen LogP contribution is 2.22. The maximum Gasteiger partial charge on any atom is 0.241 e. The van der Waals surface area contributed by atoms with Crippen molar-refractivity contribution in [3.05, 3.63) is 0 Å². The molecule has 6 atom stereocenters. The number of aliphatic hydroxyl groups excluding tert-OH is 1. The second-order valence-corrected chi connectivity index (χ2v) is 8.43. The van der Waals surface area contributed by atoms with Crippen molar-refractivity contribution in [3.63, 3.8) is 0 Å². The maximum atomic E-state index is 12.9. The van der Waals surface area contributed by atoms with Crippen LogP contribution in [0.3, 0.4) is 0 Å². The Kier molecular flexibility index (Phi) is 12.8. The number of hydrogen-bond donors (Lipinski definition) is 6. The summed E-state index contributed by atoms with van der Waals surface area (Å²) in [6.45, 7) is 2.58. The summed E-state index contributed by atoms with van der Waals surface area (Å²) in [4.78, 5) is 48.9. The number of rotatable bonds is 15. The van der Waals surface area contributed by atoms with Gasteiger partial charge in [0.1, 0.15) is 12.3 Å². The first kappa shape index (κ1) is 27.1. The second-order valence-electron chi connectivity index (χ2n) is 7.40. The van der Waals surface area contributed by atoms with Gasteiger partial charge >= 0.3 is 0 Å². The molecule has 1 fully saturated rings. The van der Waals surface area contributed by atoms with E-state index in [0.29, 0.717) is 38.5 Å². The molecule has 0 aromatic rings. The lowest BCUT2D eigenvalue weighted by Crippen LogP contribution is -2.61. The van der Waals surface area contributed by atoms with E-state index in [1.165, 1.54) is 6.92 Å². The molecule has 12 heteroatoms. The van der Waals surface area contributed by atoms with Gasteiger partial charge in [0.05, 0.1) is 24.2 Å². The number of thiol groups is 1. The van der Waals surface area contributed by atoms with Gasteiger partial charge in [0, 0.05) is 12.3 Å². The maximum absolute atomic E-state index is 12.9. The molecule has 1 rings (SSSR count). The molecule has 0 radical (unpaired) electrons. The van der Waals surface area contributed by atoms with Gasteiger partial charge in [-0.15, -0.1) is 0 Å². The molecular formula is C18H34N5O5PS. The molecular weight excluding hydrogens is 429 g/mol. The number of hydrazine groups is 1. The Morgan fingerprint density at radius 1 is 1.33 bits per heavy atom. The fraction of sp³-hybridized carbons (Fsp3) is 0.778. The van der Waals surface area contributed by atoms with Crippen LogP contribution in [0, 0.1) is 0 Å². The lowest BCUT2D eigenvalue weighted by molar-refractivity contribution is -0.140. The molecule has 30 heavy (non-hydrogen) atoms. The number of ketones is 2. The van der Waals surface area contributed by atoms with E-state index >= 15 is 0 Å². The summed E-state index contributed by atoms with van der Waals surface area (Å²) in [6.07, 6.45) is 2.52. The van der Waals surface area contributed by atoms with Crippen LogP contribution in [-0.4, -0.2) is 82.7 Å². The number of aldehydes is 1. The molecule has 1 saturated heterocycles. The summed E-state index contributed by atoms with van der Waals surface area (Å²) >= 11 is 3.98. The Morgan fingerprint density at radius 2 is 2.03 bits per heavy atom. The smallest absolute Gasteiger partial charge is 0.241 e. The van der Waals surface area contributed by atoms with Crippen molar-refractivity contribution in [3.8, 4) is 0 Å². The molecule has 1 heterocycles. The van der Waals surface area contributed by atoms with Gasteiger partial charge in [-0.1, -0.05) is 15.8 Å². The van der Waals surface area contributed by atoms with Crippen LogP contribution in [0.1, 0.15) is 39.0 Å². The van der Waals surface area contributed by atoms with Gasteiger partial charge in [0.15, 0.2) is 0 Å². The number of nitrogens with one attached hydrogen (secondary N) is 3. The topological polar surface area (TPSA) is 154 Å². The Labute approximate surface area is 185 Å². The fourth-order valence-electron chi connectivity index (χ4n) is 3.16. The van der Waals surface area contributed by atoms with Crippen LogP contribution in [0.5, 0.6) is 0 Å². The molecule has 0 aromatic heterocycles. The lowest BCUT2D eigenvalue weighted by atomic mass is 9.98. The van der Waals surface area contributed by atoms with Crippen molar-refractivity contribution < 1.29 is 24.3 Å². The van der Waals surface area contributed by atoms with E-state index in [4.69, 9.17) is 5.73 Å². The monoisotopic (exact) mass is 463 g/mol. The summed E-state index contributed by atoms with van der Waals surface area (Å²) in [5.74, 6) is -1.58. The highest BCUT2D eigenvalue weighted by atomic mass is 32.1. The SMILES string of the molecule is C[C@@H](O)[C@H](NN[C@@H](CCCCN)C(=O)C(=O)[C@@H]1CCCN1P)C(=O)N[C@H](C=O)CS. The van der Waals surface area contributed by atoms with Gasteiger partial charge in [-0.2, -0.15) is 12.6 Å². The van der Waals surface area contributed by atoms with Crippen molar-refractivity contribution >= 4 is 45.8 Å². The largest absolute Gasteiger partial charge is 0.391 e. The fourth-order valence-corrected chi connectivity index (χ4v) is 3.80. The summed E-state index contributed by atoms with van der Waals surface area (Å²) in [5.41, 5.74) is 10.9. The first-order valence-electron chi connectivity index (χ1n) is 10.1. The molecule has 172 valence electrons. The number of carbonyl (C=O) groups excluding carboxylic acids is 4. The van der Waals surface area contributed by atoms with Crippen LogP contribution in [0.15, 0.2) is 0 Å². The van der Waals surface area contributed by atoms with Gasteiger partial charge in [0.2, 0.25) is 17.5 Å². The number of Topliss-reactive ketones (excluding diaryl/α,β-unsaturated/α-hetero) is 2.